The van der Waals surface area contributed by atoms with Crippen LogP contribution in [0.2, 0.25) is 5.02 Å². The van der Waals surface area contributed by atoms with Crippen molar-refractivity contribution in [3.05, 3.63) is 35.0 Å². The van der Waals surface area contributed by atoms with Crippen molar-refractivity contribution in [1.29, 1.82) is 0 Å². The third kappa shape index (κ3) is 2.09. The van der Waals surface area contributed by atoms with Gasteiger partial charge in [-0.1, -0.05) is 17.7 Å². The highest BCUT2D eigenvalue weighted by molar-refractivity contribution is 6.35. The lowest BCUT2D eigenvalue weighted by atomic mass is 10.1. The minimum absolute atomic E-state index is 0.231. The third-order valence-corrected chi connectivity index (χ3v) is 3.11. The number of fused-ring (bicyclic) bond motifs is 1. The molecule has 1 N–H and O–H groups in total. The van der Waals surface area contributed by atoms with Crippen molar-refractivity contribution in [2.24, 2.45) is 7.05 Å². The molecule has 0 spiro atoms. The van der Waals surface area contributed by atoms with Crippen LogP contribution in [0.5, 0.6) is 0 Å². The Balaban J connectivity index is 2.54. The third-order valence-electron chi connectivity index (χ3n) is 2.80. The van der Waals surface area contributed by atoms with Crippen LogP contribution < -0.4 is 0 Å². The number of carbonyl (C=O) groups is 1. The lowest BCUT2D eigenvalue weighted by Crippen LogP contribution is -2.15. The second-order valence-corrected chi connectivity index (χ2v) is 4.39. The molecule has 18 heavy (non-hydrogen) atoms. The molecule has 1 unspecified atom stereocenters. The summed E-state index contributed by atoms with van der Waals surface area (Å²) in [5.41, 5.74) is 1.33. The Morgan fingerprint density at radius 1 is 1.56 bits per heavy atom. The van der Waals surface area contributed by atoms with E-state index in [0.717, 1.165) is 5.52 Å². The molecule has 2 aromatic rings. The average Bonchev–Trinajstić information content (AvgIpc) is 2.68. The molecular formula is C13H14ClNO3. The predicted molar refractivity (Wildman–Crippen MR) is 69.5 cm³/mol. The van der Waals surface area contributed by atoms with Crippen molar-refractivity contribution in [3.8, 4) is 0 Å². The van der Waals surface area contributed by atoms with Gasteiger partial charge in [-0.3, -0.25) is 0 Å². The van der Waals surface area contributed by atoms with Crippen molar-refractivity contribution in [3.63, 3.8) is 0 Å². The molecule has 1 aromatic carbocycles. The number of hydrogen-bond acceptors (Lipinski definition) is 3. The Bertz CT molecular complexity index is 591. The van der Waals surface area contributed by atoms with Crippen LogP contribution in [0.15, 0.2) is 24.4 Å². The average molecular weight is 268 g/mol. The Labute approximate surface area is 110 Å². The van der Waals surface area contributed by atoms with Gasteiger partial charge in [-0.2, -0.15) is 0 Å². The van der Waals surface area contributed by atoms with E-state index in [-0.39, 0.29) is 6.61 Å². The number of nitrogens with zero attached hydrogens (tertiary/aromatic N) is 1. The highest BCUT2D eigenvalue weighted by atomic mass is 35.5. The Hall–Kier alpha value is -1.52. The number of aliphatic hydroxyl groups excluding tert-OH is 1. The van der Waals surface area contributed by atoms with Gasteiger partial charge in [-0.15, -0.1) is 0 Å². The SMILES string of the molecule is CCOC(=O)C(O)c1cn(C)c2cccc(Cl)c12. The summed E-state index contributed by atoms with van der Waals surface area (Å²) in [5, 5.41) is 11.2. The van der Waals surface area contributed by atoms with Crippen LogP contribution in [0.25, 0.3) is 10.9 Å². The maximum absolute atomic E-state index is 11.6. The lowest BCUT2D eigenvalue weighted by Gasteiger charge is -2.09. The van der Waals surface area contributed by atoms with Crippen molar-refractivity contribution in [2.45, 2.75) is 13.0 Å². The largest absolute Gasteiger partial charge is 0.464 e. The molecule has 0 aliphatic carbocycles. The number of aryl methyl sites for hydroxylation is 1. The van der Waals surface area contributed by atoms with E-state index in [1.807, 2.05) is 23.7 Å². The number of rotatable bonds is 3. The highest BCUT2D eigenvalue weighted by Gasteiger charge is 2.24. The quantitative estimate of drug-likeness (QED) is 0.869. The van der Waals surface area contributed by atoms with Gasteiger partial charge in [0.05, 0.1) is 11.6 Å². The standard InChI is InChI=1S/C13H14ClNO3/c1-3-18-13(17)12(16)8-7-15(2)10-6-4-5-9(14)11(8)10/h4-7,12,16H,3H2,1-2H3. The second kappa shape index (κ2) is 5.00. The molecule has 96 valence electrons. The van der Waals surface area contributed by atoms with Crippen molar-refractivity contribution >= 4 is 28.5 Å². The number of esters is 1. The van der Waals surface area contributed by atoms with E-state index < -0.39 is 12.1 Å². The van der Waals surface area contributed by atoms with Gasteiger partial charge in [0.25, 0.3) is 0 Å². The molecule has 0 amide bonds. The lowest BCUT2D eigenvalue weighted by molar-refractivity contribution is -0.153. The summed E-state index contributed by atoms with van der Waals surface area (Å²) in [6, 6.07) is 5.43. The molecule has 1 atom stereocenters. The van der Waals surface area contributed by atoms with Crippen molar-refractivity contribution in [2.75, 3.05) is 6.61 Å². The second-order valence-electron chi connectivity index (χ2n) is 3.98. The van der Waals surface area contributed by atoms with Gasteiger partial charge < -0.3 is 14.4 Å². The highest BCUT2D eigenvalue weighted by Crippen LogP contribution is 2.32. The molecule has 0 bridgehead atoms. The maximum Gasteiger partial charge on any atom is 0.339 e. The smallest absolute Gasteiger partial charge is 0.339 e. The van der Waals surface area contributed by atoms with Crippen molar-refractivity contribution < 1.29 is 14.6 Å². The minimum atomic E-state index is -1.31. The van der Waals surface area contributed by atoms with Crippen LogP contribution in [0.1, 0.15) is 18.6 Å². The fraction of sp³-hybridized carbons (Fsp3) is 0.308. The molecule has 0 aliphatic heterocycles. The molecule has 5 heteroatoms. The number of halogens is 1. The number of ether oxygens (including phenoxy) is 1. The van der Waals surface area contributed by atoms with Gasteiger partial charge in [-0.25, -0.2) is 4.79 Å². The van der Waals surface area contributed by atoms with E-state index in [1.165, 1.54) is 0 Å². The zero-order valence-electron chi connectivity index (χ0n) is 10.2. The first kappa shape index (κ1) is 12.9. The number of benzene rings is 1. The summed E-state index contributed by atoms with van der Waals surface area (Å²) in [5.74, 6) is -0.662. The number of aliphatic hydroxyl groups is 1. The van der Waals surface area contributed by atoms with Crippen LogP contribution in [-0.2, 0) is 16.6 Å². The van der Waals surface area contributed by atoms with E-state index in [4.69, 9.17) is 16.3 Å². The molecule has 4 nitrogen and oxygen atoms in total. The fourth-order valence-electron chi connectivity index (χ4n) is 1.99. The van der Waals surface area contributed by atoms with E-state index in [2.05, 4.69) is 0 Å². The minimum Gasteiger partial charge on any atom is -0.464 e. The van der Waals surface area contributed by atoms with E-state index >= 15 is 0 Å². The van der Waals surface area contributed by atoms with Gasteiger partial charge in [0.15, 0.2) is 6.10 Å². The summed E-state index contributed by atoms with van der Waals surface area (Å²) in [6.07, 6.45) is 0.381. The Kier molecular flexibility index (Phi) is 3.59. The van der Waals surface area contributed by atoms with E-state index in [0.29, 0.717) is 16.0 Å². The van der Waals surface area contributed by atoms with Crippen LogP contribution in [-0.4, -0.2) is 22.2 Å². The van der Waals surface area contributed by atoms with Crippen LogP contribution >= 0.6 is 11.6 Å². The van der Waals surface area contributed by atoms with E-state index in [1.54, 1.807) is 19.2 Å². The van der Waals surface area contributed by atoms with E-state index in [9.17, 15) is 9.90 Å². The molecule has 0 radical (unpaired) electrons. The summed E-state index contributed by atoms with van der Waals surface area (Å²) in [6.45, 7) is 1.93. The first-order chi connectivity index (χ1) is 8.56. The topological polar surface area (TPSA) is 51.5 Å². The molecule has 1 heterocycles. The predicted octanol–water partition coefficient (Wildman–Crippen LogP) is 2.43. The number of carbonyl (C=O) groups excluding carboxylic acids is 1. The van der Waals surface area contributed by atoms with Crippen LogP contribution in [0, 0.1) is 0 Å². The van der Waals surface area contributed by atoms with Gasteiger partial charge in [-0.05, 0) is 19.1 Å². The zero-order valence-corrected chi connectivity index (χ0v) is 10.9. The summed E-state index contributed by atoms with van der Waals surface area (Å²) >= 11 is 6.12. The molecule has 2 rings (SSSR count). The van der Waals surface area contributed by atoms with Gasteiger partial charge in [0.2, 0.25) is 0 Å². The summed E-state index contributed by atoms with van der Waals surface area (Å²) in [4.78, 5) is 11.6. The van der Waals surface area contributed by atoms with Gasteiger partial charge in [0.1, 0.15) is 0 Å². The fourth-order valence-corrected chi connectivity index (χ4v) is 2.27. The van der Waals surface area contributed by atoms with Gasteiger partial charge in [0, 0.05) is 29.7 Å². The Morgan fingerprint density at radius 2 is 2.28 bits per heavy atom. The number of aromatic nitrogens is 1. The first-order valence-electron chi connectivity index (χ1n) is 5.64. The molecule has 0 fully saturated rings. The Morgan fingerprint density at radius 3 is 2.94 bits per heavy atom. The maximum atomic E-state index is 11.6. The van der Waals surface area contributed by atoms with Crippen LogP contribution in [0.4, 0.5) is 0 Å². The monoisotopic (exact) mass is 267 g/mol. The molecular weight excluding hydrogens is 254 g/mol. The summed E-state index contributed by atoms with van der Waals surface area (Å²) < 4.78 is 6.63. The molecule has 0 saturated carbocycles. The first-order valence-corrected chi connectivity index (χ1v) is 6.02. The molecule has 1 aromatic heterocycles. The molecule has 0 saturated heterocycles. The number of hydrogen-bond donors (Lipinski definition) is 1. The van der Waals surface area contributed by atoms with Crippen molar-refractivity contribution in [1.82, 2.24) is 4.57 Å². The molecule has 0 aliphatic rings. The zero-order chi connectivity index (χ0) is 13.3. The van der Waals surface area contributed by atoms with Crippen LogP contribution in [0.3, 0.4) is 0 Å². The normalized spacial score (nSPS) is 12.7. The summed E-state index contributed by atoms with van der Waals surface area (Å²) in [7, 11) is 1.83. The van der Waals surface area contributed by atoms with Gasteiger partial charge >= 0.3 is 5.97 Å².